The monoisotopic (exact) mass is 273 g/mol. The molecule has 0 bridgehead atoms. The topological polar surface area (TPSA) is 66.8 Å². The fourth-order valence-corrected chi connectivity index (χ4v) is 2.94. The van der Waals surface area contributed by atoms with E-state index in [-0.39, 0.29) is 11.3 Å². The standard InChI is InChI=1S/C14H19N5O/c1-14(12-4-6-15-17-12)5-3-7-19(10-14)13(20)11-8-16-18(2)9-11/h4,6,8-9H,3,5,7,10H2,1-2H3,(H,15,17)/t14-/m1/s1. The van der Waals surface area contributed by atoms with Crippen molar-refractivity contribution in [3.8, 4) is 0 Å². The highest BCUT2D eigenvalue weighted by atomic mass is 16.2. The first-order valence-electron chi connectivity index (χ1n) is 6.86. The Bertz CT molecular complexity index is 603. The van der Waals surface area contributed by atoms with Crippen LogP contribution in [0.1, 0.15) is 35.8 Å². The van der Waals surface area contributed by atoms with Crippen molar-refractivity contribution in [3.05, 3.63) is 35.9 Å². The predicted molar refractivity (Wildman–Crippen MR) is 74.3 cm³/mol. The molecule has 1 atom stereocenters. The summed E-state index contributed by atoms with van der Waals surface area (Å²) in [6, 6.07) is 2.00. The number of aromatic amines is 1. The number of aryl methyl sites for hydroxylation is 1. The molecule has 2 aromatic heterocycles. The van der Waals surface area contributed by atoms with Gasteiger partial charge in [-0.1, -0.05) is 6.92 Å². The van der Waals surface area contributed by atoms with Crippen molar-refractivity contribution in [1.82, 2.24) is 24.9 Å². The van der Waals surface area contributed by atoms with Crippen LogP contribution < -0.4 is 0 Å². The smallest absolute Gasteiger partial charge is 0.257 e. The zero-order valence-corrected chi connectivity index (χ0v) is 11.8. The summed E-state index contributed by atoms with van der Waals surface area (Å²) in [6.45, 7) is 3.70. The second-order valence-corrected chi connectivity index (χ2v) is 5.76. The van der Waals surface area contributed by atoms with E-state index in [4.69, 9.17) is 0 Å². The number of hydrogen-bond donors (Lipinski definition) is 1. The number of hydrogen-bond acceptors (Lipinski definition) is 3. The summed E-state index contributed by atoms with van der Waals surface area (Å²) in [5.41, 5.74) is 1.70. The van der Waals surface area contributed by atoms with Crippen molar-refractivity contribution in [1.29, 1.82) is 0 Å². The summed E-state index contributed by atoms with van der Waals surface area (Å²) < 4.78 is 1.66. The zero-order chi connectivity index (χ0) is 14.2. The van der Waals surface area contributed by atoms with Crippen LogP contribution in [0.4, 0.5) is 0 Å². The van der Waals surface area contributed by atoms with Gasteiger partial charge in [-0.15, -0.1) is 0 Å². The first-order valence-corrected chi connectivity index (χ1v) is 6.86. The van der Waals surface area contributed by atoms with Gasteiger partial charge in [-0.05, 0) is 18.9 Å². The van der Waals surface area contributed by atoms with Crippen LogP contribution in [0.25, 0.3) is 0 Å². The van der Waals surface area contributed by atoms with Crippen molar-refractivity contribution in [2.45, 2.75) is 25.2 Å². The first-order chi connectivity index (χ1) is 9.58. The highest BCUT2D eigenvalue weighted by Crippen LogP contribution is 2.32. The van der Waals surface area contributed by atoms with Gasteiger partial charge in [-0.25, -0.2) is 0 Å². The Kier molecular flexibility index (Phi) is 3.08. The van der Waals surface area contributed by atoms with E-state index in [0.717, 1.165) is 25.1 Å². The Morgan fingerprint density at radius 1 is 1.50 bits per heavy atom. The SMILES string of the molecule is Cn1cc(C(=O)N2CCC[C@@](C)(c3ccn[nH]3)C2)cn1. The molecule has 1 aliphatic rings. The molecule has 0 saturated carbocycles. The fraction of sp³-hybridized carbons (Fsp3) is 0.500. The molecule has 2 aromatic rings. The van der Waals surface area contributed by atoms with Crippen LogP contribution in [0, 0.1) is 0 Å². The van der Waals surface area contributed by atoms with Gasteiger partial charge in [0.2, 0.25) is 0 Å². The fourth-order valence-electron chi connectivity index (χ4n) is 2.94. The molecule has 1 amide bonds. The van der Waals surface area contributed by atoms with Gasteiger partial charge in [0.1, 0.15) is 0 Å². The summed E-state index contributed by atoms with van der Waals surface area (Å²) in [5.74, 6) is 0.0588. The van der Waals surface area contributed by atoms with Crippen molar-refractivity contribution < 1.29 is 4.79 Å². The maximum Gasteiger partial charge on any atom is 0.257 e. The normalized spacial score (nSPS) is 23.0. The number of piperidine rings is 1. The van der Waals surface area contributed by atoms with Gasteiger partial charge in [-0.2, -0.15) is 10.2 Å². The molecule has 106 valence electrons. The predicted octanol–water partition coefficient (Wildman–Crippen LogP) is 1.34. The lowest BCUT2D eigenvalue weighted by Crippen LogP contribution is -2.47. The molecule has 0 aliphatic carbocycles. The molecule has 1 aliphatic heterocycles. The van der Waals surface area contributed by atoms with E-state index in [1.54, 1.807) is 23.3 Å². The molecule has 3 rings (SSSR count). The molecule has 0 spiro atoms. The molecular formula is C14H19N5O. The Morgan fingerprint density at radius 3 is 3.00 bits per heavy atom. The third-order valence-corrected chi connectivity index (χ3v) is 4.09. The lowest BCUT2D eigenvalue weighted by Gasteiger charge is -2.39. The molecule has 1 saturated heterocycles. The second-order valence-electron chi connectivity index (χ2n) is 5.76. The van der Waals surface area contributed by atoms with E-state index < -0.39 is 0 Å². The number of aromatic nitrogens is 4. The van der Waals surface area contributed by atoms with Gasteiger partial charge in [0, 0.05) is 43.6 Å². The van der Waals surface area contributed by atoms with E-state index in [0.29, 0.717) is 12.1 Å². The van der Waals surface area contributed by atoms with Gasteiger partial charge in [0.15, 0.2) is 0 Å². The van der Waals surface area contributed by atoms with Crippen molar-refractivity contribution in [2.24, 2.45) is 7.05 Å². The molecule has 0 unspecified atom stereocenters. The molecule has 1 fully saturated rings. The van der Waals surface area contributed by atoms with E-state index in [1.807, 2.05) is 18.0 Å². The average molecular weight is 273 g/mol. The molecule has 0 aromatic carbocycles. The van der Waals surface area contributed by atoms with Crippen LogP contribution in [0.2, 0.25) is 0 Å². The Labute approximate surface area is 117 Å². The molecule has 6 nitrogen and oxygen atoms in total. The minimum atomic E-state index is -0.0490. The van der Waals surface area contributed by atoms with Crippen LogP contribution in [0.3, 0.4) is 0 Å². The summed E-state index contributed by atoms with van der Waals surface area (Å²) in [4.78, 5) is 14.4. The molecular weight excluding hydrogens is 254 g/mol. The van der Waals surface area contributed by atoms with E-state index in [2.05, 4.69) is 22.2 Å². The van der Waals surface area contributed by atoms with Crippen molar-refractivity contribution in [2.75, 3.05) is 13.1 Å². The lowest BCUT2D eigenvalue weighted by molar-refractivity contribution is 0.0647. The van der Waals surface area contributed by atoms with Crippen LogP contribution in [0.5, 0.6) is 0 Å². The van der Waals surface area contributed by atoms with Crippen LogP contribution in [-0.4, -0.2) is 43.9 Å². The highest BCUT2D eigenvalue weighted by Gasteiger charge is 2.36. The van der Waals surface area contributed by atoms with Gasteiger partial charge in [-0.3, -0.25) is 14.6 Å². The molecule has 0 radical (unpaired) electrons. The van der Waals surface area contributed by atoms with Gasteiger partial charge in [0.05, 0.1) is 11.8 Å². The average Bonchev–Trinajstić information content (AvgIpc) is 3.09. The van der Waals surface area contributed by atoms with Gasteiger partial charge in [0.25, 0.3) is 5.91 Å². The Balaban J connectivity index is 1.80. The number of carbonyl (C=O) groups is 1. The summed E-state index contributed by atoms with van der Waals surface area (Å²) in [5, 5.41) is 11.2. The molecule has 20 heavy (non-hydrogen) atoms. The summed E-state index contributed by atoms with van der Waals surface area (Å²) in [6.07, 6.45) is 7.23. The molecule has 6 heteroatoms. The number of likely N-dealkylation sites (tertiary alicyclic amines) is 1. The number of amides is 1. The van der Waals surface area contributed by atoms with E-state index in [9.17, 15) is 4.79 Å². The second kappa shape index (κ2) is 4.77. The first kappa shape index (κ1) is 12.9. The van der Waals surface area contributed by atoms with Crippen molar-refractivity contribution >= 4 is 5.91 Å². The number of rotatable bonds is 2. The van der Waals surface area contributed by atoms with Gasteiger partial charge >= 0.3 is 0 Å². The van der Waals surface area contributed by atoms with Crippen LogP contribution >= 0.6 is 0 Å². The largest absolute Gasteiger partial charge is 0.338 e. The third-order valence-electron chi connectivity index (χ3n) is 4.09. The van der Waals surface area contributed by atoms with Crippen molar-refractivity contribution in [3.63, 3.8) is 0 Å². The van der Waals surface area contributed by atoms with Crippen LogP contribution in [0.15, 0.2) is 24.7 Å². The zero-order valence-electron chi connectivity index (χ0n) is 11.8. The number of carbonyl (C=O) groups excluding carboxylic acids is 1. The van der Waals surface area contributed by atoms with Crippen LogP contribution in [-0.2, 0) is 12.5 Å². The van der Waals surface area contributed by atoms with E-state index in [1.165, 1.54) is 0 Å². The highest BCUT2D eigenvalue weighted by molar-refractivity contribution is 5.93. The number of nitrogens with one attached hydrogen (secondary N) is 1. The lowest BCUT2D eigenvalue weighted by atomic mass is 9.79. The minimum absolute atomic E-state index is 0.0490. The minimum Gasteiger partial charge on any atom is -0.338 e. The van der Waals surface area contributed by atoms with Gasteiger partial charge < -0.3 is 4.90 Å². The molecule has 3 heterocycles. The third kappa shape index (κ3) is 2.21. The summed E-state index contributed by atoms with van der Waals surface area (Å²) >= 11 is 0. The Morgan fingerprint density at radius 2 is 2.35 bits per heavy atom. The van der Waals surface area contributed by atoms with E-state index >= 15 is 0 Å². The number of H-pyrrole nitrogens is 1. The number of nitrogens with zero attached hydrogens (tertiary/aromatic N) is 4. The Hall–Kier alpha value is -2.11. The maximum atomic E-state index is 12.5. The maximum absolute atomic E-state index is 12.5. The quantitative estimate of drug-likeness (QED) is 0.897. The summed E-state index contributed by atoms with van der Waals surface area (Å²) in [7, 11) is 1.82. The molecule has 1 N–H and O–H groups in total.